The van der Waals surface area contributed by atoms with Crippen molar-refractivity contribution in [2.24, 2.45) is 0 Å². The molecule has 0 aromatic carbocycles. The van der Waals surface area contributed by atoms with Crippen molar-refractivity contribution in [2.75, 3.05) is 13.7 Å². The first-order valence-corrected chi connectivity index (χ1v) is 10.1. The summed E-state index contributed by atoms with van der Waals surface area (Å²) in [5.74, 6) is 0.399. The Labute approximate surface area is 159 Å². The fourth-order valence-corrected chi connectivity index (χ4v) is 4.18. The molecule has 3 heterocycles. The van der Waals surface area contributed by atoms with Gasteiger partial charge < -0.3 is 10.1 Å². The molecule has 10 heteroatoms. The van der Waals surface area contributed by atoms with Crippen LogP contribution < -0.4 is 10.6 Å². The Morgan fingerprint density at radius 2 is 2.35 bits per heavy atom. The van der Waals surface area contributed by atoms with Gasteiger partial charge in [-0.05, 0) is 31.2 Å². The summed E-state index contributed by atoms with van der Waals surface area (Å²) in [7, 11) is 1.46. The first-order chi connectivity index (χ1) is 12.6. The number of thioether (sulfide) groups is 1. The van der Waals surface area contributed by atoms with Crippen LogP contribution in [0, 0.1) is 0 Å². The highest BCUT2D eigenvalue weighted by atomic mass is 32.2. The Balaban J connectivity index is 1.79. The van der Waals surface area contributed by atoms with Crippen LogP contribution in [-0.4, -0.2) is 51.7 Å². The highest BCUT2D eigenvalue weighted by Gasteiger charge is 2.25. The first kappa shape index (κ1) is 18.9. The molecule has 0 radical (unpaired) electrons. The molecule has 0 bridgehead atoms. The average Bonchev–Trinajstić information content (AvgIpc) is 3.37. The molecule has 2 N–H and O–H groups in total. The second-order valence-electron chi connectivity index (χ2n) is 5.86. The molecule has 26 heavy (non-hydrogen) atoms. The maximum absolute atomic E-state index is 12.1. The minimum absolute atomic E-state index is 0.124. The zero-order valence-corrected chi connectivity index (χ0v) is 16.2. The lowest BCUT2D eigenvalue weighted by Gasteiger charge is -2.16. The topological polar surface area (TPSA) is 98.1 Å². The molecule has 1 fully saturated rings. The number of nitrogens with zero attached hydrogens (tertiary/aromatic N) is 3. The monoisotopic (exact) mass is 395 g/mol. The van der Waals surface area contributed by atoms with Gasteiger partial charge in [-0.2, -0.15) is 0 Å². The van der Waals surface area contributed by atoms with Gasteiger partial charge in [-0.25, -0.2) is 4.79 Å². The fourth-order valence-electron chi connectivity index (χ4n) is 2.61. The molecule has 0 aliphatic carbocycles. The number of amides is 3. The largest absolute Gasteiger partial charge is 0.376 e. The third kappa shape index (κ3) is 4.43. The van der Waals surface area contributed by atoms with Crippen molar-refractivity contribution in [3.63, 3.8) is 0 Å². The van der Waals surface area contributed by atoms with Gasteiger partial charge in [-0.1, -0.05) is 17.8 Å². The molecule has 1 saturated heterocycles. The quantitative estimate of drug-likeness (QED) is 0.727. The number of ether oxygens (including phenoxy) is 1. The predicted molar refractivity (Wildman–Crippen MR) is 100 cm³/mol. The van der Waals surface area contributed by atoms with Crippen molar-refractivity contribution in [1.82, 2.24) is 25.4 Å². The SMILES string of the molecule is CNC(=O)NC(=O)C(C)Sc1nnc(-c2cccs2)n1CC1CCCO1. The molecule has 3 rings (SSSR count). The molecular formula is C16H21N5O3S2. The summed E-state index contributed by atoms with van der Waals surface area (Å²) in [5, 5.41) is 15.4. The third-order valence-electron chi connectivity index (χ3n) is 3.98. The van der Waals surface area contributed by atoms with E-state index >= 15 is 0 Å². The number of nitrogens with one attached hydrogen (secondary N) is 2. The maximum Gasteiger partial charge on any atom is 0.321 e. The van der Waals surface area contributed by atoms with E-state index in [-0.39, 0.29) is 12.0 Å². The van der Waals surface area contributed by atoms with Crippen molar-refractivity contribution < 1.29 is 14.3 Å². The summed E-state index contributed by atoms with van der Waals surface area (Å²) in [6.45, 7) is 3.15. The zero-order chi connectivity index (χ0) is 18.5. The van der Waals surface area contributed by atoms with E-state index in [4.69, 9.17) is 4.74 Å². The number of hydrogen-bond donors (Lipinski definition) is 2. The molecule has 1 aliphatic heterocycles. The van der Waals surface area contributed by atoms with E-state index < -0.39 is 11.3 Å². The van der Waals surface area contributed by atoms with Crippen LogP contribution in [0.3, 0.4) is 0 Å². The van der Waals surface area contributed by atoms with Crippen LogP contribution in [0.5, 0.6) is 0 Å². The molecule has 2 aromatic heterocycles. The molecule has 2 aromatic rings. The van der Waals surface area contributed by atoms with Crippen LogP contribution in [0.2, 0.25) is 0 Å². The second-order valence-corrected chi connectivity index (χ2v) is 8.11. The Kier molecular flexibility index (Phi) is 6.28. The maximum atomic E-state index is 12.1. The van der Waals surface area contributed by atoms with E-state index in [0.29, 0.717) is 11.7 Å². The Hall–Kier alpha value is -1.91. The summed E-state index contributed by atoms with van der Waals surface area (Å²) < 4.78 is 7.77. The van der Waals surface area contributed by atoms with E-state index in [1.165, 1.54) is 18.8 Å². The highest BCUT2D eigenvalue weighted by molar-refractivity contribution is 8.00. The molecule has 2 unspecified atom stereocenters. The van der Waals surface area contributed by atoms with Gasteiger partial charge in [-0.15, -0.1) is 21.5 Å². The first-order valence-electron chi connectivity index (χ1n) is 8.36. The Morgan fingerprint density at radius 3 is 3.00 bits per heavy atom. The van der Waals surface area contributed by atoms with Crippen molar-refractivity contribution in [2.45, 2.75) is 42.8 Å². The number of hydrogen-bond acceptors (Lipinski definition) is 7. The van der Waals surface area contributed by atoms with Crippen LogP contribution in [0.25, 0.3) is 10.7 Å². The number of imide groups is 1. The molecule has 2 atom stereocenters. The van der Waals surface area contributed by atoms with Gasteiger partial charge in [0.1, 0.15) is 0 Å². The van der Waals surface area contributed by atoms with Crippen molar-refractivity contribution in [3.05, 3.63) is 17.5 Å². The van der Waals surface area contributed by atoms with Crippen LogP contribution in [0.4, 0.5) is 4.79 Å². The van der Waals surface area contributed by atoms with Crippen LogP contribution in [0.15, 0.2) is 22.7 Å². The lowest BCUT2D eigenvalue weighted by molar-refractivity contribution is -0.119. The van der Waals surface area contributed by atoms with E-state index in [9.17, 15) is 9.59 Å². The van der Waals surface area contributed by atoms with Gasteiger partial charge in [-0.3, -0.25) is 14.7 Å². The van der Waals surface area contributed by atoms with E-state index in [1.54, 1.807) is 18.3 Å². The van der Waals surface area contributed by atoms with E-state index in [0.717, 1.165) is 30.2 Å². The summed E-state index contributed by atoms with van der Waals surface area (Å²) in [6.07, 6.45) is 2.17. The summed E-state index contributed by atoms with van der Waals surface area (Å²) in [4.78, 5) is 24.5. The molecule has 140 valence electrons. The van der Waals surface area contributed by atoms with E-state index in [1.807, 2.05) is 22.1 Å². The summed E-state index contributed by atoms with van der Waals surface area (Å²) >= 11 is 2.87. The molecule has 8 nitrogen and oxygen atoms in total. The molecule has 3 amide bonds. The number of aromatic nitrogens is 3. The van der Waals surface area contributed by atoms with Crippen LogP contribution in [0.1, 0.15) is 19.8 Å². The standard InChI is InChI=1S/C16H21N5O3S2/c1-10(14(22)18-15(23)17-2)26-16-20-19-13(12-6-4-8-25-12)21(16)9-11-5-3-7-24-11/h4,6,8,10-11H,3,5,7,9H2,1-2H3,(H2,17,18,22,23). The number of carbonyl (C=O) groups excluding carboxylic acids is 2. The molecular weight excluding hydrogens is 374 g/mol. The molecule has 1 aliphatic rings. The van der Waals surface area contributed by atoms with Gasteiger partial charge in [0.05, 0.1) is 22.8 Å². The average molecular weight is 396 g/mol. The fraction of sp³-hybridized carbons (Fsp3) is 0.500. The lowest BCUT2D eigenvalue weighted by Crippen LogP contribution is -2.41. The van der Waals surface area contributed by atoms with Crippen LogP contribution >= 0.6 is 23.1 Å². The number of thiophene rings is 1. The Bertz CT molecular complexity index is 756. The van der Waals surface area contributed by atoms with Crippen molar-refractivity contribution in [1.29, 1.82) is 0 Å². The lowest BCUT2D eigenvalue weighted by atomic mass is 10.2. The summed E-state index contributed by atoms with van der Waals surface area (Å²) in [6, 6.07) is 3.44. The van der Waals surface area contributed by atoms with Crippen molar-refractivity contribution in [3.8, 4) is 10.7 Å². The van der Waals surface area contributed by atoms with E-state index in [2.05, 4.69) is 20.8 Å². The molecule has 0 saturated carbocycles. The number of urea groups is 1. The third-order valence-corrected chi connectivity index (χ3v) is 5.93. The van der Waals surface area contributed by atoms with Crippen LogP contribution in [-0.2, 0) is 16.1 Å². The van der Waals surface area contributed by atoms with Gasteiger partial charge in [0, 0.05) is 13.7 Å². The normalized spacial score (nSPS) is 17.8. The molecule has 0 spiro atoms. The minimum Gasteiger partial charge on any atom is -0.376 e. The number of rotatable bonds is 6. The van der Waals surface area contributed by atoms with Gasteiger partial charge in [0.2, 0.25) is 5.91 Å². The van der Waals surface area contributed by atoms with Crippen molar-refractivity contribution >= 4 is 35.0 Å². The summed E-state index contributed by atoms with van der Waals surface area (Å²) in [5.41, 5.74) is 0. The zero-order valence-electron chi connectivity index (χ0n) is 14.6. The second kappa shape index (κ2) is 8.65. The number of carbonyl (C=O) groups is 2. The predicted octanol–water partition coefficient (Wildman–Crippen LogP) is 2.12. The van der Waals surface area contributed by atoms with Gasteiger partial charge >= 0.3 is 6.03 Å². The Morgan fingerprint density at radius 1 is 1.50 bits per heavy atom. The smallest absolute Gasteiger partial charge is 0.321 e. The minimum atomic E-state index is -0.525. The van der Waals surface area contributed by atoms with Gasteiger partial charge in [0.25, 0.3) is 0 Å². The highest BCUT2D eigenvalue weighted by Crippen LogP contribution is 2.30. The van der Waals surface area contributed by atoms with Gasteiger partial charge in [0.15, 0.2) is 11.0 Å².